The minimum Gasteiger partial charge on any atom is -0.370 e. The molecule has 3 rings (SSSR count). The van der Waals surface area contributed by atoms with Crippen LogP contribution in [0.5, 0.6) is 0 Å². The Hall–Kier alpha value is -2.81. The van der Waals surface area contributed by atoms with E-state index >= 15 is 0 Å². The minimum atomic E-state index is -0.565. The zero-order valence-corrected chi connectivity index (χ0v) is 22.6. The van der Waals surface area contributed by atoms with Crippen LogP contribution >= 0.6 is 31.9 Å². The molecule has 1 heterocycles. The number of aryl methyl sites for hydroxylation is 1. The lowest BCUT2D eigenvalue weighted by molar-refractivity contribution is 0.104. The van der Waals surface area contributed by atoms with Crippen molar-refractivity contribution < 1.29 is 18.3 Å². The van der Waals surface area contributed by atoms with Crippen LogP contribution < -0.4 is 0 Å². The first kappa shape index (κ1) is 31.2. The highest BCUT2D eigenvalue weighted by Crippen LogP contribution is 2.12. The van der Waals surface area contributed by atoms with Crippen molar-refractivity contribution in [3.05, 3.63) is 90.9 Å². The fraction of sp³-hybridized carbons (Fsp3) is 0.333. The van der Waals surface area contributed by atoms with Crippen molar-refractivity contribution in [2.75, 3.05) is 26.5 Å². The number of terminal acetylenes is 1. The maximum atomic E-state index is 12.1. The average Bonchev–Trinajstić information content (AvgIpc) is 3.33. The Labute approximate surface area is 225 Å². The Bertz CT molecular complexity index is 1070. The Kier molecular flexibility index (Phi) is 17.7. The normalized spacial score (nSPS) is 9.64. The molecule has 192 valence electrons. The van der Waals surface area contributed by atoms with Crippen molar-refractivity contribution in [2.24, 2.45) is 5.11 Å². The van der Waals surface area contributed by atoms with E-state index in [0.29, 0.717) is 32.1 Å². The van der Waals surface area contributed by atoms with Gasteiger partial charge in [-0.25, -0.2) is 9.07 Å². The molecule has 0 saturated carbocycles. The summed E-state index contributed by atoms with van der Waals surface area (Å²) < 4.78 is 37.2. The van der Waals surface area contributed by atoms with Gasteiger partial charge in [0.25, 0.3) is 0 Å². The molecule has 1 aromatic heterocycles. The number of nitrogens with zero attached hydrogens (tertiary/aromatic N) is 6. The second-order valence-electron chi connectivity index (χ2n) is 6.75. The summed E-state index contributed by atoms with van der Waals surface area (Å²) in [6, 6.07) is 15.9. The predicted molar refractivity (Wildman–Crippen MR) is 141 cm³/mol. The lowest BCUT2D eigenvalue weighted by Gasteiger charge is -2.02. The Balaban J connectivity index is 0.000000310. The molecule has 0 fully saturated rings. The van der Waals surface area contributed by atoms with Crippen molar-refractivity contribution in [3.8, 4) is 12.3 Å². The van der Waals surface area contributed by atoms with E-state index in [2.05, 4.69) is 58.1 Å². The van der Waals surface area contributed by atoms with E-state index < -0.39 is 13.3 Å². The van der Waals surface area contributed by atoms with E-state index in [0.717, 1.165) is 20.1 Å². The summed E-state index contributed by atoms with van der Waals surface area (Å²) in [6.07, 6.45) is 6.73. The van der Waals surface area contributed by atoms with E-state index in [1.54, 1.807) is 6.20 Å². The zero-order valence-electron chi connectivity index (χ0n) is 19.4. The quantitative estimate of drug-likeness (QED) is 0.0787. The molecule has 0 N–H and O–H groups in total. The van der Waals surface area contributed by atoms with Gasteiger partial charge < -0.3 is 9.47 Å². The molecule has 0 bridgehead atoms. The molecule has 0 spiro atoms. The largest absolute Gasteiger partial charge is 0.370 e. The third-order valence-corrected chi connectivity index (χ3v) is 5.00. The molecular formula is C24H26Br2F2N6O2. The number of aromatic nitrogens is 3. The van der Waals surface area contributed by atoms with Gasteiger partial charge in [0.15, 0.2) is 0 Å². The van der Waals surface area contributed by atoms with Gasteiger partial charge in [-0.2, -0.15) is 0 Å². The number of halogens is 4. The van der Waals surface area contributed by atoms with Gasteiger partial charge >= 0.3 is 0 Å². The minimum absolute atomic E-state index is 0.0451. The number of hydrogen-bond donors (Lipinski definition) is 0. The van der Waals surface area contributed by atoms with Crippen LogP contribution in [0.15, 0.2) is 68.8 Å². The second-order valence-corrected chi connectivity index (χ2v) is 8.58. The number of hydrogen-bond acceptors (Lipinski definition) is 5. The fourth-order valence-corrected chi connectivity index (χ4v) is 2.87. The Morgan fingerprint density at radius 3 is 2.00 bits per heavy atom. The summed E-state index contributed by atoms with van der Waals surface area (Å²) >= 11 is 6.73. The monoisotopic (exact) mass is 626 g/mol. The predicted octanol–water partition coefficient (Wildman–Crippen LogP) is 6.59. The van der Waals surface area contributed by atoms with Crippen molar-refractivity contribution in [1.82, 2.24) is 15.0 Å². The lowest BCUT2D eigenvalue weighted by atomic mass is 10.2. The van der Waals surface area contributed by atoms with E-state index in [9.17, 15) is 8.78 Å². The first-order valence-corrected chi connectivity index (χ1v) is 12.2. The maximum Gasteiger partial charge on any atom is 0.109 e. The lowest BCUT2D eigenvalue weighted by Crippen LogP contribution is -1.99. The standard InChI is InChI=1S/C12H13BrFN3O.C10H9BrO.C2H4FN3/c13-11-3-1-10(2-4-11)8-18-9-12-7-17(6-5-14)16-15-12;1-2-7-12-8-9-3-5-10(11)6-4-9;3-1-2-5-6-4/h1-4,7H,5-6,8-9H2;1,3-6H,7-8H2;1-2H2. The molecule has 12 heteroatoms. The third kappa shape index (κ3) is 15.2. The SMILES string of the molecule is C#CCOCc1ccc(Br)cc1.FCCn1cc(COCc2ccc(Br)cc2)nn1.[N-]=[N+]=NCCF. The van der Waals surface area contributed by atoms with E-state index in [1.807, 2.05) is 48.5 Å². The molecule has 0 atom stereocenters. The molecule has 8 nitrogen and oxygen atoms in total. The van der Waals surface area contributed by atoms with Gasteiger partial charge in [-0.15, -0.1) is 11.5 Å². The van der Waals surface area contributed by atoms with E-state index in [4.69, 9.17) is 21.4 Å². The van der Waals surface area contributed by atoms with Crippen molar-refractivity contribution >= 4 is 31.9 Å². The molecular weight excluding hydrogens is 602 g/mol. The number of azide groups is 1. The first-order valence-electron chi connectivity index (χ1n) is 10.6. The average molecular weight is 628 g/mol. The van der Waals surface area contributed by atoms with Crippen molar-refractivity contribution in [1.29, 1.82) is 0 Å². The summed E-state index contributed by atoms with van der Waals surface area (Å²) in [5.41, 5.74) is 10.4. The van der Waals surface area contributed by atoms with Gasteiger partial charge in [0.05, 0.1) is 45.8 Å². The van der Waals surface area contributed by atoms with Crippen molar-refractivity contribution in [2.45, 2.75) is 26.4 Å². The van der Waals surface area contributed by atoms with Gasteiger partial charge in [0.1, 0.15) is 19.0 Å². The highest BCUT2D eigenvalue weighted by atomic mass is 79.9. The molecule has 0 amide bonds. The van der Waals surface area contributed by atoms with E-state index in [1.165, 1.54) is 4.68 Å². The molecule has 3 aromatic rings. The molecule has 0 aliphatic heterocycles. The van der Waals surface area contributed by atoms with Gasteiger partial charge in [-0.05, 0) is 40.9 Å². The number of alkyl halides is 2. The van der Waals surface area contributed by atoms with Crippen LogP contribution in [-0.4, -0.2) is 41.5 Å². The Morgan fingerprint density at radius 2 is 1.53 bits per heavy atom. The van der Waals surface area contributed by atoms with Gasteiger partial charge in [-0.1, -0.05) is 72.4 Å². The first-order chi connectivity index (χ1) is 17.5. The van der Waals surface area contributed by atoms with Crippen LogP contribution in [0.1, 0.15) is 16.8 Å². The van der Waals surface area contributed by atoms with Gasteiger partial charge in [-0.3, -0.25) is 4.39 Å². The third-order valence-electron chi connectivity index (χ3n) is 3.95. The molecule has 0 saturated heterocycles. The number of ether oxygens (including phenoxy) is 2. The highest BCUT2D eigenvalue weighted by molar-refractivity contribution is 9.10. The molecule has 2 aromatic carbocycles. The Morgan fingerprint density at radius 1 is 0.944 bits per heavy atom. The van der Waals surface area contributed by atoms with Gasteiger partial charge in [0.2, 0.25) is 0 Å². The van der Waals surface area contributed by atoms with Crippen LogP contribution in [0.2, 0.25) is 0 Å². The smallest absolute Gasteiger partial charge is 0.109 e. The van der Waals surface area contributed by atoms with E-state index in [-0.39, 0.29) is 13.1 Å². The van der Waals surface area contributed by atoms with Crippen LogP contribution in [0, 0.1) is 12.3 Å². The molecule has 0 aliphatic rings. The molecule has 0 unspecified atom stereocenters. The molecule has 36 heavy (non-hydrogen) atoms. The summed E-state index contributed by atoms with van der Waals surface area (Å²) in [4.78, 5) is 2.31. The summed E-state index contributed by atoms with van der Waals surface area (Å²) in [5.74, 6) is 2.42. The van der Waals surface area contributed by atoms with Crippen LogP contribution in [-0.2, 0) is 35.8 Å². The topological polar surface area (TPSA) is 97.9 Å². The second kappa shape index (κ2) is 20.4. The summed E-state index contributed by atoms with van der Waals surface area (Å²) in [7, 11) is 0. The van der Waals surface area contributed by atoms with Crippen molar-refractivity contribution in [3.63, 3.8) is 0 Å². The molecule has 0 aliphatic carbocycles. The highest BCUT2D eigenvalue weighted by Gasteiger charge is 2.01. The van der Waals surface area contributed by atoms with Crippen LogP contribution in [0.4, 0.5) is 8.78 Å². The zero-order chi connectivity index (χ0) is 26.4. The summed E-state index contributed by atoms with van der Waals surface area (Å²) in [5, 5.41) is 10.6. The number of benzene rings is 2. The van der Waals surface area contributed by atoms with Crippen LogP contribution in [0.25, 0.3) is 10.4 Å². The van der Waals surface area contributed by atoms with Gasteiger partial charge in [0, 0.05) is 13.9 Å². The molecule has 0 radical (unpaired) electrons. The maximum absolute atomic E-state index is 12.1. The number of rotatable bonds is 11. The van der Waals surface area contributed by atoms with Crippen LogP contribution in [0.3, 0.4) is 0 Å². The fourth-order valence-electron chi connectivity index (χ4n) is 2.35. The summed E-state index contributed by atoms with van der Waals surface area (Å²) in [6.45, 7) is 1.03.